The zero-order valence-electron chi connectivity index (χ0n) is 13.2. The van der Waals surface area contributed by atoms with E-state index >= 15 is 0 Å². The number of hydrogen-bond donors (Lipinski definition) is 1. The van der Waals surface area contributed by atoms with Gasteiger partial charge in [-0.25, -0.2) is 0 Å². The minimum Gasteiger partial charge on any atom is -0.415 e. The molecule has 1 N–H and O–H groups in total. The van der Waals surface area contributed by atoms with Crippen molar-refractivity contribution in [3.63, 3.8) is 0 Å². The lowest BCUT2D eigenvalue weighted by Gasteiger charge is -2.23. The molecule has 1 fully saturated rings. The van der Waals surface area contributed by atoms with Crippen LogP contribution in [0.5, 0.6) is 0 Å². The number of nitrogens with zero attached hydrogens (tertiary/aromatic N) is 3. The van der Waals surface area contributed by atoms with Crippen molar-refractivity contribution in [2.45, 2.75) is 31.9 Å². The van der Waals surface area contributed by atoms with E-state index in [9.17, 15) is 18.4 Å². The van der Waals surface area contributed by atoms with Crippen molar-refractivity contribution in [2.24, 2.45) is 0 Å². The molecule has 0 bridgehead atoms. The van der Waals surface area contributed by atoms with Crippen molar-refractivity contribution in [3.8, 4) is 11.5 Å². The van der Waals surface area contributed by atoms with E-state index in [0.717, 1.165) is 18.9 Å². The average molecular weight is 354 g/mol. The van der Waals surface area contributed by atoms with E-state index in [0.29, 0.717) is 13.2 Å². The molecule has 134 valence electrons. The molecule has 0 aromatic carbocycles. The maximum absolute atomic E-state index is 12.5. The Kier molecular flexibility index (Phi) is 5.17. The van der Waals surface area contributed by atoms with E-state index in [2.05, 4.69) is 15.5 Å². The third-order valence-electron chi connectivity index (χ3n) is 3.77. The lowest BCUT2D eigenvalue weighted by molar-refractivity contribution is -0.123. The Bertz CT molecular complexity index is 799. The van der Waals surface area contributed by atoms with Crippen LogP contribution >= 0.6 is 0 Å². The number of hydrogen-bond acceptors (Lipinski definition) is 6. The SMILES string of the molecule is O=C(Cn1ccc(-c2nnc(C(F)F)o2)cc1=O)NC1CCOCC1. The second-order valence-electron chi connectivity index (χ2n) is 5.58. The number of aromatic nitrogens is 3. The molecule has 1 aliphatic rings. The van der Waals surface area contributed by atoms with Gasteiger partial charge in [-0.1, -0.05) is 0 Å². The first-order chi connectivity index (χ1) is 12.0. The summed E-state index contributed by atoms with van der Waals surface area (Å²) >= 11 is 0. The zero-order chi connectivity index (χ0) is 17.8. The Labute approximate surface area is 140 Å². The highest BCUT2D eigenvalue weighted by Crippen LogP contribution is 2.22. The summed E-state index contributed by atoms with van der Waals surface area (Å²) in [6.07, 6.45) is -0.0182. The van der Waals surface area contributed by atoms with Crippen molar-refractivity contribution in [1.82, 2.24) is 20.1 Å². The summed E-state index contributed by atoms with van der Waals surface area (Å²) in [6.45, 7) is 1.07. The summed E-state index contributed by atoms with van der Waals surface area (Å²) in [6, 6.07) is 2.65. The third-order valence-corrected chi connectivity index (χ3v) is 3.77. The van der Waals surface area contributed by atoms with Crippen LogP contribution in [-0.2, 0) is 16.1 Å². The summed E-state index contributed by atoms with van der Waals surface area (Å²) in [5.74, 6) is -1.26. The van der Waals surface area contributed by atoms with Crippen LogP contribution in [0.3, 0.4) is 0 Å². The van der Waals surface area contributed by atoms with Gasteiger partial charge in [0.25, 0.3) is 11.4 Å². The largest absolute Gasteiger partial charge is 0.415 e. The Balaban J connectivity index is 1.66. The number of ether oxygens (including phenoxy) is 1. The number of halogens is 2. The van der Waals surface area contributed by atoms with Gasteiger partial charge in [0.1, 0.15) is 6.54 Å². The van der Waals surface area contributed by atoms with Gasteiger partial charge in [-0.05, 0) is 18.9 Å². The number of pyridine rings is 1. The van der Waals surface area contributed by atoms with E-state index in [-0.39, 0.29) is 29.9 Å². The van der Waals surface area contributed by atoms with Crippen molar-refractivity contribution >= 4 is 5.91 Å². The van der Waals surface area contributed by atoms with Crippen molar-refractivity contribution in [1.29, 1.82) is 0 Å². The molecule has 1 amide bonds. The molecule has 1 saturated heterocycles. The quantitative estimate of drug-likeness (QED) is 0.864. The Morgan fingerprint density at radius 1 is 1.36 bits per heavy atom. The molecule has 10 heteroatoms. The first kappa shape index (κ1) is 17.2. The highest BCUT2D eigenvalue weighted by molar-refractivity contribution is 5.76. The number of carbonyl (C=O) groups excluding carboxylic acids is 1. The standard InChI is InChI=1S/C15H16F2N4O4/c16-13(17)15-20-19-14(25-15)9-1-4-21(12(23)7-9)8-11(22)18-10-2-5-24-6-3-10/h1,4,7,10,13H,2-3,5-6,8H2,(H,18,22). The van der Waals surface area contributed by atoms with E-state index in [1.807, 2.05) is 0 Å². The maximum Gasteiger partial charge on any atom is 0.314 e. The first-order valence-electron chi connectivity index (χ1n) is 7.72. The lowest BCUT2D eigenvalue weighted by atomic mass is 10.1. The fourth-order valence-corrected chi connectivity index (χ4v) is 2.48. The topological polar surface area (TPSA) is 99.3 Å². The maximum atomic E-state index is 12.5. The van der Waals surface area contributed by atoms with Crippen LogP contribution in [0, 0.1) is 0 Å². The predicted octanol–water partition coefficient (Wildman–Crippen LogP) is 1.13. The van der Waals surface area contributed by atoms with Crippen molar-refractivity contribution < 1.29 is 22.7 Å². The molecule has 2 aromatic heterocycles. The molecule has 2 aromatic rings. The predicted molar refractivity (Wildman–Crippen MR) is 80.9 cm³/mol. The van der Waals surface area contributed by atoms with Gasteiger partial charge in [0.15, 0.2) is 0 Å². The fourth-order valence-electron chi connectivity index (χ4n) is 2.48. The molecule has 0 saturated carbocycles. The van der Waals surface area contributed by atoms with E-state index in [1.165, 1.54) is 16.8 Å². The summed E-state index contributed by atoms with van der Waals surface area (Å²) in [4.78, 5) is 24.1. The van der Waals surface area contributed by atoms with Gasteiger partial charge >= 0.3 is 6.43 Å². The van der Waals surface area contributed by atoms with Gasteiger partial charge in [0.05, 0.1) is 0 Å². The highest BCUT2D eigenvalue weighted by atomic mass is 19.3. The van der Waals surface area contributed by atoms with Gasteiger partial charge in [0.2, 0.25) is 11.8 Å². The van der Waals surface area contributed by atoms with E-state index < -0.39 is 17.9 Å². The molecule has 8 nitrogen and oxygen atoms in total. The molecule has 0 spiro atoms. The Morgan fingerprint density at radius 2 is 2.12 bits per heavy atom. The number of carbonyl (C=O) groups is 1. The van der Waals surface area contributed by atoms with E-state index in [1.54, 1.807) is 0 Å². The first-order valence-corrected chi connectivity index (χ1v) is 7.72. The molecule has 0 atom stereocenters. The minimum absolute atomic E-state index is 0.0439. The average Bonchev–Trinajstić information content (AvgIpc) is 3.08. The molecular weight excluding hydrogens is 338 g/mol. The zero-order valence-corrected chi connectivity index (χ0v) is 13.2. The number of alkyl halides is 2. The van der Waals surface area contributed by atoms with Crippen LogP contribution in [0.15, 0.2) is 27.5 Å². The highest BCUT2D eigenvalue weighted by Gasteiger charge is 2.18. The van der Waals surface area contributed by atoms with Gasteiger partial charge < -0.3 is 19.0 Å². The lowest BCUT2D eigenvalue weighted by Crippen LogP contribution is -2.41. The third kappa shape index (κ3) is 4.27. The van der Waals surface area contributed by atoms with Gasteiger partial charge in [-0.2, -0.15) is 8.78 Å². The summed E-state index contributed by atoms with van der Waals surface area (Å²) in [5.41, 5.74) is -0.262. The van der Waals surface area contributed by atoms with Crippen LogP contribution in [0.1, 0.15) is 25.2 Å². The molecule has 0 aliphatic carbocycles. The van der Waals surface area contributed by atoms with E-state index in [4.69, 9.17) is 9.15 Å². The van der Waals surface area contributed by atoms with Gasteiger partial charge in [-0.15, -0.1) is 10.2 Å². The van der Waals surface area contributed by atoms with Crippen LogP contribution in [0.2, 0.25) is 0 Å². The summed E-state index contributed by atoms with van der Waals surface area (Å²) in [5, 5.41) is 9.54. The molecule has 3 heterocycles. The van der Waals surface area contributed by atoms with Crippen LogP contribution in [0.25, 0.3) is 11.5 Å². The normalized spacial score (nSPS) is 15.5. The van der Waals surface area contributed by atoms with Crippen LogP contribution in [-0.4, -0.2) is 39.9 Å². The van der Waals surface area contributed by atoms with Crippen molar-refractivity contribution in [3.05, 3.63) is 34.6 Å². The van der Waals surface area contributed by atoms with Crippen LogP contribution in [0.4, 0.5) is 8.78 Å². The number of amides is 1. The molecule has 3 rings (SSSR count). The van der Waals surface area contributed by atoms with Gasteiger partial charge in [-0.3, -0.25) is 9.59 Å². The smallest absolute Gasteiger partial charge is 0.314 e. The number of nitrogens with one attached hydrogen (secondary N) is 1. The van der Waals surface area contributed by atoms with Gasteiger partial charge in [0, 0.05) is 37.1 Å². The second-order valence-corrected chi connectivity index (χ2v) is 5.58. The Morgan fingerprint density at radius 3 is 2.76 bits per heavy atom. The molecular formula is C15H16F2N4O4. The summed E-state index contributed by atoms with van der Waals surface area (Å²) in [7, 11) is 0. The fraction of sp³-hybridized carbons (Fsp3) is 0.467. The summed E-state index contributed by atoms with van der Waals surface area (Å²) < 4.78 is 36.1. The van der Waals surface area contributed by atoms with Crippen LogP contribution < -0.4 is 10.9 Å². The Hall–Kier alpha value is -2.62. The molecule has 1 aliphatic heterocycles. The van der Waals surface area contributed by atoms with Crippen molar-refractivity contribution in [2.75, 3.05) is 13.2 Å². The molecule has 0 radical (unpaired) electrons. The number of rotatable bonds is 5. The second kappa shape index (κ2) is 7.51. The monoisotopic (exact) mass is 354 g/mol. The molecule has 0 unspecified atom stereocenters. The minimum atomic E-state index is -2.88. The molecule has 25 heavy (non-hydrogen) atoms.